The molecule has 5 N–H and O–H groups in total. The van der Waals surface area contributed by atoms with E-state index in [4.69, 9.17) is 5.73 Å². The van der Waals surface area contributed by atoms with E-state index in [2.05, 4.69) is 11.3 Å². The van der Waals surface area contributed by atoms with E-state index < -0.39 is 0 Å². The van der Waals surface area contributed by atoms with E-state index in [1.807, 2.05) is 30.3 Å². The zero-order valence-electron chi connectivity index (χ0n) is 6.04. The predicted molar refractivity (Wildman–Crippen MR) is 44.1 cm³/mol. The molecular weight excluding hydrogens is 126 g/mol. The Morgan fingerprint density at radius 3 is 1.80 bits per heavy atom. The molecule has 0 aliphatic carbocycles. The maximum atomic E-state index is 5.36. The first-order chi connectivity index (χ1) is 4.81. The van der Waals surface area contributed by atoms with Crippen LogP contribution in [0.5, 0.6) is 0 Å². The highest BCUT2D eigenvalue weighted by Crippen LogP contribution is 1.95. The lowest BCUT2D eigenvalue weighted by atomic mass is 10.3. The van der Waals surface area contributed by atoms with Gasteiger partial charge in [0.25, 0.3) is 0 Å². The number of para-hydroxylation sites is 1. The number of benzene rings is 1. The topological polar surface area (TPSA) is 64.1 Å². The van der Waals surface area contributed by atoms with Crippen molar-refractivity contribution in [1.29, 1.82) is 0 Å². The monoisotopic (exact) mass is 139 g/mol. The molecule has 1 rings (SSSR count). The van der Waals surface area contributed by atoms with Gasteiger partial charge < -0.3 is 5.73 Å². The van der Waals surface area contributed by atoms with Crippen LogP contribution in [0, 0.1) is 0 Å². The van der Waals surface area contributed by atoms with E-state index in [1.54, 1.807) is 7.05 Å². The molecule has 0 aliphatic rings. The maximum Gasteiger partial charge on any atom is 0.0313 e. The van der Waals surface area contributed by atoms with Gasteiger partial charge >= 0.3 is 0 Å². The molecule has 3 heteroatoms. The summed E-state index contributed by atoms with van der Waals surface area (Å²) >= 11 is 0. The fourth-order valence-electron chi connectivity index (χ4n) is 0.453. The Labute approximate surface area is 61.0 Å². The first-order valence-corrected chi connectivity index (χ1v) is 2.99. The van der Waals surface area contributed by atoms with Gasteiger partial charge in [-0.15, -0.1) is 0 Å². The van der Waals surface area contributed by atoms with Gasteiger partial charge in [0, 0.05) is 5.69 Å². The summed E-state index contributed by atoms with van der Waals surface area (Å²) in [7, 11) is 1.65. The summed E-state index contributed by atoms with van der Waals surface area (Å²) in [5.41, 5.74) is 8.43. The van der Waals surface area contributed by atoms with Gasteiger partial charge in [0.15, 0.2) is 0 Å². The van der Waals surface area contributed by atoms with Crippen LogP contribution >= 0.6 is 0 Å². The molecule has 1 aromatic rings. The first-order valence-electron chi connectivity index (χ1n) is 2.99. The molecule has 0 saturated heterocycles. The molecule has 56 valence electrons. The third-order valence-corrected chi connectivity index (χ3v) is 0.800. The Morgan fingerprint density at radius 1 is 1.20 bits per heavy atom. The SMILES string of the molecule is CNN.Nc1ccccc1. The van der Waals surface area contributed by atoms with Crippen LogP contribution in [0.1, 0.15) is 0 Å². The van der Waals surface area contributed by atoms with Crippen molar-refractivity contribution in [2.24, 2.45) is 5.84 Å². The fraction of sp³-hybridized carbons (Fsp3) is 0.143. The zero-order valence-corrected chi connectivity index (χ0v) is 6.04. The van der Waals surface area contributed by atoms with Crippen molar-refractivity contribution in [3.8, 4) is 0 Å². The molecule has 0 spiro atoms. The molecule has 0 saturated carbocycles. The Morgan fingerprint density at radius 2 is 1.60 bits per heavy atom. The number of hydrogen-bond acceptors (Lipinski definition) is 3. The van der Waals surface area contributed by atoms with Gasteiger partial charge in [-0.3, -0.25) is 11.3 Å². The molecule has 0 unspecified atom stereocenters. The van der Waals surface area contributed by atoms with Gasteiger partial charge in [-0.05, 0) is 19.2 Å². The number of hydrazine groups is 1. The number of nitrogen functional groups attached to an aromatic ring is 1. The highest BCUT2D eigenvalue weighted by Gasteiger charge is 1.72. The van der Waals surface area contributed by atoms with Crippen LogP contribution in [0.3, 0.4) is 0 Å². The molecule has 0 amide bonds. The third-order valence-electron chi connectivity index (χ3n) is 0.800. The Kier molecular flexibility index (Phi) is 5.42. The average Bonchev–Trinajstić information content (AvgIpc) is 1.91. The summed E-state index contributed by atoms with van der Waals surface area (Å²) in [4.78, 5) is 0. The van der Waals surface area contributed by atoms with Crippen molar-refractivity contribution in [3.05, 3.63) is 30.3 Å². The summed E-state index contributed by atoms with van der Waals surface area (Å²) in [6.45, 7) is 0. The van der Waals surface area contributed by atoms with Gasteiger partial charge in [0.2, 0.25) is 0 Å². The van der Waals surface area contributed by atoms with Crippen LogP contribution < -0.4 is 17.0 Å². The van der Waals surface area contributed by atoms with E-state index in [1.165, 1.54) is 0 Å². The molecule has 1 aromatic carbocycles. The molecule has 0 aromatic heterocycles. The van der Waals surface area contributed by atoms with Gasteiger partial charge in [-0.1, -0.05) is 18.2 Å². The van der Waals surface area contributed by atoms with Crippen LogP contribution in [-0.4, -0.2) is 7.05 Å². The highest BCUT2D eigenvalue weighted by atomic mass is 15.2. The van der Waals surface area contributed by atoms with Crippen molar-refractivity contribution in [1.82, 2.24) is 5.43 Å². The maximum absolute atomic E-state index is 5.36. The quantitative estimate of drug-likeness (QED) is 0.276. The van der Waals surface area contributed by atoms with Crippen molar-refractivity contribution >= 4 is 5.69 Å². The molecule has 0 heterocycles. The second kappa shape index (κ2) is 6.07. The van der Waals surface area contributed by atoms with Gasteiger partial charge in [-0.25, -0.2) is 0 Å². The number of hydrogen-bond donors (Lipinski definition) is 3. The third kappa shape index (κ3) is 5.08. The largest absolute Gasteiger partial charge is 0.399 e. The Bertz CT molecular complexity index is 150. The van der Waals surface area contributed by atoms with E-state index in [-0.39, 0.29) is 0 Å². The normalized spacial score (nSPS) is 7.80. The smallest absolute Gasteiger partial charge is 0.0313 e. The van der Waals surface area contributed by atoms with E-state index in [0.29, 0.717) is 0 Å². The van der Waals surface area contributed by atoms with Crippen LogP contribution in [0.15, 0.2) is 30.3 Å². The number of nitrogens with two attached hydrogens (primary N) is 2. The lowest BCUT2D eigenvalue weighted by molar-refractivity contribution is 0.900. The Hall–Kier alpha value is -1.06. The van der Waals surface area contributed by atoms with Crippen molar-refractivity contribution in [2.75, 3.05) is 12.8 Å². The summed E-state index contributed by atoms with van der Waals surface area (Å²) in [6.07, 6.45) is 0. The number of nitrogens with one attached hydrogen (secondary N) is 1. The first kappa shape index (κ1) is 8.94. The molecule has 0 aliphatic heterocycles. The lowest BCUT2D eigenvalue weighted by Gasteiger charge is -1.83. The lowest BCUT2D eigenvalue weighted by Crippen LogP contribution is -2.13. The van der Waals surface area contributed by atoms with E-state index >= 15 is 0 Å². The van der Waals surface area contributed by atoms with Crippen LogP contribution in [0.2, 0.25) is 0 Å². The standard InChI is InChI=1S/C6H7N.CH6N2/c7-6-4-2-1-3-5-6;1-3-2/h1-5H,7H2;3H,2H2,1H3. The van der Waals surface area contributed by atoms with E-state index in [9.17, 15) is 0 Å². The van der Waals surface area contributed by atoms with Crippen molar-refractivity contribution < 1.29 is 0 Å². The molecule has 10 heavy (non-hydrogen) atoms. The summed E-state index contributed by atoms with van der Waals surface area (Å²) in [5, 5.41) is 0. The van der Waals surface area contributed by atoms with Crippen LogP contribution in [0.25, 0.3) is 0 Å². The number of anilines is 1. The number of rotatable bonds is 0. The minimum Gasteiger partial charge on any atom is -0.399 e. The zero-order chi connectivity index (χ0) is 7.82. The fourth-order valence-corrected chi connectivity index (χ4v) is 0.453. The molecule has 0 fully saturated rings. The summed E-state index contributed by atoms with van der Waals surface area (Å²) < 4.78 is 0. The Balaban J connectivity index is 0.000000236. The minimum absolute atomic E-state index is 0.822. The van der Waals surface area contributed by atoms with Gasteiger partial charge in [0.05, 0.1) is 0 Å². The van der Waals surface area contributed by atoms with Crippen molar-refractivity contribution in [3.63, 3.8) is 0 Å². The predicted octanol–water partition coefficient (Wildman–Crippen LogP) is 0.348. The molecule has 0 atom stereocenters. The summed E-state index contributed by atoms with van der Waals surface area (Å²) in [5.74, 6) is 4.60. The van der Waals surface area contributed by atoms with Gasteiger partial charge in [0.1, 0.15) is 0 Å². The van der Waals surface area contributed by atoms with Crippen LogP contribution in [0.4, 0.5) is 5.69 Å². The average molecular weight is 139 g/mol. The molecular formula is C7H13N3. The van der Waals surface area contributed by atoms with E-state index in [0.717, 1.165) is 5.69 Å². The second-order valence-electron chi connectivity index (χ2n) is 1.70. The molecule has 3 nitrogen and oxygen atoms in total. The van der Waals surface area contributed by atoms with Crippen LogP contribution in [-0.2, 0) is 0 Å². The minimum atomic E-state index is 0.822. The second-order valence-corrected chi connectivity index (χ2v) is 1.70. The van der Waals surface area contributed by atoms with Gasteiger partial charge in [-0.2, -0.15) is 0 Å². The summed E-state index contributed by atoms with van der Waals surface area (Å²) in [6, 6.07) is 9.49. The molecule has 0 radical (unpaired) electrons. The van der Waals surface area contributed by atoms with Crippen molar-refractivity contribution in [2.45, 2.75) is 0 Å². The highest BCUT2D eigenvalue weighted by molar-refractivity contribution is 5.35. The molecule has 0 bridgehead atoms.